The highest BCUT2D eigenvalue weighted by Gasteiger charge is 2.30. The van der Waals surface area contributed by atoms with E-state index < -0.39 is 0 Å². The van der Waals surface area contributed by atoms with Crippen molar-refractivity contribution in [1.82, 2.24) is 4.90 Å². The Kier molecular flexibility index (Phi) is 5.11. The second-order valence-corrected chi connectivity index (χ2v) is 6.12. The Hall–Kier alpha value is -3.02. The van der Waals surface area contributed by atoms with Crippen LogP contribution in [0.3, 0.4) is 0 Å². The summed E-state index contributed by atoms with van der Waals surface area (Å²) in [7, 11) is 0. The van der Waals surface area contributed by atoms with E-state index in [0.29, 0.717) is 23.4 Å². The van der Waals surface area contributed by atoms with Gasteiger partial charge >= 0.3 is 0 Å². The van der Waals surface area contributed by atoms with Crippen LogP contribution in [0.1, 0.15) is 35.7 Å². The molecule has 6 heteroatoms. The number of anilines is 1. The Morgan fingerprint density at radius 2 is 1.77 bits per heavy atom. The van der Waals surface area contributed by atoms with Gasteiger partial charge in [0, 0.05) is 31.5 Å². The van der Waals surface area contributed by atoms with Crippen molar-refractivity contribution in [1.29, 1.82) is 0 Å². The highest BCUT2D eigenvalue weighted by atomic mass is 19.1. The van der Waals surface area contributed by atoms with E-state index in [0.717, 1.165) is 4.90 Å². The molecule has 0 radical (unpaired) electrons. The molecule has 0 saturated carbocycles. The van der Waals surface area contributed by atoms with Gasteiger partial charge in [0.1, 0.15) is 5.82 Å². The first-order valence-electron chi connectivity index (χ1n) is 8.49. The molecule has 1 saturated heterocycles. The first-order valence-corrected chi connectivity index (χ1v) is 8.49. The summed E-state index contributed by atoms with van der Waals surface area (Å²) >= 11 is 0. The van der Waals surface area contributed by atoms with Crippen LogP contribution >= 0.6 is 0 Å². The van der Waals surface area contributed by atoms with Gasteiger partial charge in [0.05, 0.1) is 5.69 Å². The van der Waals surface area contributed by atoms with E-state index in [1.807, 2.05) is 6.92 Å². The summed E-state index contributed by atoms with van der Waals surface area (Å²) in [6, 6.07) is 12.6. The van der Waals surface area contributed by atoms with Gasteiger partial charge in [-0.05, 0) is 42.8 Å². The van der Waals surface area contributed by atoms with E-state index in [1.165, 1.54) is 12.1 Å². The number of hydrogen-bond donors (Lipinski definition) is 0. The van der Waals surface area contributed by atoms with Crippen molar-refractivity contribution < 1.29 is 18.8 Å². The standard InChI is InChI=1S/C20H19FN2O3/c1-2-22(13-14-5-3-7-16(21)11-14)20(26)15-6-4-8-17(12-15)23-18(24)9-10-19(23)25/h3-8,11-12H,2,9-10,13H2,1H3. The van der Waals surface area contributed by atoms with E-state index in [1.54, 1.807) is 41.3 Å². The molecule has 134 valence electrons. The van der Waals surface area contributed by atoms with E-state index in [-0.39, 0.29) is 42.9 Å². The van der Waals surface area contributed by atoms with Crippen LogP contribution in [0, 0.1) is 5.82 Å². The summed E-state index contributed by atoms with van der Waals surface area (Å²) in [5.74, 6) is -1.10. The van der Waals surface area contributed by atoms with Crippen LogP contribution in [-0.4, -0.2) is 29.2 Å². The third-order valence-electron chi connectivity index (χ3n) is 4.33. The Morgan fingerprint density at radius 1 is 1.08 bits per heavy atom. The molecular formula is C20H19FN2O3. The molecule has 1 fully saturated rings. The number of hydrogen-bond acceptors (Lipinski definition) is 3. The Morgan fingerprint density at radius 3 is 2.42 bits per heavy atom. The predicted octanol–water partition coefficient (Wildman–Crippen LogP) is 3.14. The smallest absolute Gasteiger partial charge is 0.254 e. The lowest BCUT2D eigenvalue weighted by Gasteiger charge is -2.22. The first-order chi connectivity index (χ1) is 12.5. The maximum atomic E-state index is 13.4. The van der Waals surface area contributed by atoms with Crippen LogP contribution in [0.5, 0.6) is 0 Å². The zero-order valence-electron chi connectivity index (χ0n) is 14.4. The Labute approximate surface area is 151 Å². The van der Waals surface area contributed by atoms with Crippen LogP contribution in [0.2, 0.25) is 0 Å². The Balaban J connectivity index is 1.83. The quantitative estimate of drug-likeness (QED) is 0.775. The fraction of sp³-hybridized carbons (Fsp3) is 0.250. The molecule has 26 heavy (non-hydrogen) atoms. The molecule has 0 bridgehead atoms. The molecule has 2 aromatic carbocycles. The van der Waals surface area contributed by atoms with Crippen LogP contribution < -0.4 is 4.90 Å². The molecule has 0 aromatic heterocycles. The summed E-state index contributed by atoms with van der Waals surface area (Å²) in [6.07, 6.45) is 0.384. The normalized spacial score (nSPS) is 14.0. The first kappa shape index (κ1) is 17.8. The number of amides is 3. The molecule has 3 rings (SSSR count). The van der Waals surface area contributed by atoms with Crippen LogP contribution in [0.25, 0.3) is 0 Å². The predicted molar refractivity (Wildman–Crippen MR) is 95.0 cm³/mol. The molecule has 5 nitrogen and oxygen atoms in total. The minimum absolute atomic E-state index is 0.192. The van der Waals surface area contributed by atoms with E-state index in [4.69, 9.17) is 0 Å². The molecule has 2 aromatic rings. The highest BCUT2D eigenvalue weighted by molar-refractivity contribution is 6.20. The van der Waals surface area contributed by atoms with Gasteiger partial charge in [-0.15, -0.1) is 0 Å². The maximum Gasteiger partial charge on any atom is 0.254 e. The minimum atomic E-state index is -0.348. The number of carbonyl (C=O) groups is 3. The SMILES string of the molecule is CCN(Cc1cccc(F)c1)C(=O)c1cccc(N2C(=O)CCC2=O)c1. The number of benzene rings is 2. The van der Waals surface area contributed by atoms with Gasteiger partial charge in [-0.1, -0.05) is 18.2 Å². The molecule has 0 atom stereocenters. The van der Waals surface area contributed by atoms with Crippen molar-refractivity contribution in [3.8, 4) is 0 Å². The molecule has 0 N–H and O–H groups in total. The van der Waals surface area contributed by atoms with Gasteiger partial charge in [0.2, 0.25) is 11.8 Å². The van der Waals surface area contributed by atoms with E-state index in [2.05, 4.69) is 0 Å². The fourth-order valence-corrected chi connectivity index (χ4v) is 3.01. The van der Waals surface area contributed by atoms with Crippen LogP contribution in [0.15, 0.2) is 48.5 Å². The monoisotopic (exact) mass is 354 g/mol. The van der Waals surface area contributed by atoms with Gasteiger partial charge in [-0.2, -0.15) is 0 Å². The van der Waals surface area contributed by atoms with Crippen molar-refractivity contribution in [2.45, 2.75) is 26.3 Å². The van der Waals surface area contributed by atoms with Crippen molar-refractivity contribution in [2.75, 3.05) is 11.4 Å². The van der Waals surface area contributed by atoms with Gasteiger partial charge < -0.3 is 4.90 Å². The summed E-state index contributed by atoms with van der Waals surface area (Å²) in [5, 5.41) is 0. The molecule has 3 amide bonds. The average Bonchev–Trinajstić information content (AvgIpc) is 2.97. The van der Waals surface area contributed by atoms with Crippen molar-refractivity contribution >= 4 is 23.4 Å². The third kappa shape index (κ3) is 3.64. The second kappa shape index (κ2) is 7.47. The lowest BCUT2D eigenvalue weighted by Crippen LogP contribution is -2.31. The van der Waals surface area contributed by atoms with Gasteiger partial charge in [-0.3, -0.25) is 19.3 Å². The molecular weight excluding hydrogens is 335 g/mol. The van der Waals surface area contributed by atoms with Gasteiger partial charge in [0.25, 0.3) is 5.91 Å². The molecule has 1 aliphatic heterocycles. The fourth-order valence-electron chi connectivity index (χ4n) is 3.01. The number of imide groups is 1. The molecule has 0 spiro atoms. The van der Waals surface area contributed by atoms with Crippen LogP contribution in [0.4, 0.5) is 10.1 Å². The summed E-state index contributed by atoms with van der Waals surface area (Å²) < 4.78 is 13.4. The Bertz CT molecular complexity index is 850. The van der Waals surface area contributed by atoms with Crippen molar-refractivity contribution in [3.05, 3.63) is 65.5 Å². The van der Waals surface area contributed by atoms with Crippen LogP contribution in [-0.2, 0) is 16.1 Å². The largest absolute Gasteiger partial charge is 0.335 e. The molecule has 1 aliphatic rings. The van der Waals surface area contributed by atoms with Crippen molar-refractivity contribution in [2.24, 2.45) is 0 Å². The lowest BCUT2D eigenvalue weighted by molar-refractivity contribution is -0.121. The van der Waals surface area contributed by atoms with Crippen molar-refractivity contribution in [3.63, 3.8) is 0 Å². The molecule has 0 aliphatic carbocycles. The number of rotatable bonds is 5. The summed E-state index contributed by atoms with van der Waals surface area (Å²) in [4.78, 5) is 39.4. The highest BCUT2D eigenvalue weighted by Crippen LogP contribution is 2.24. The summed E-state index contributed by atoms with van der Waals surface area (Å²) in [6.45, 7) is 2.56. The van der Waals surface area contributed by atoms with Gasteiger partial charge in [0.15, 0.2) is 0 Å². The molecule has 0 unspecified atom stereocenters. The number of carbonyl (C=O) groups excluding carboxylic acids is 3. The molecule has 1 heterocycles. The maximum absolute atomic E-state index is 13.4. The zero-order valence-corrected chi connectivity index (χ0v) is 14.4. The number of nitrogens with zero attached hydrogens (tertiary/aromatic N) is 2. The van der Waals surface area contributed by atoms with E-state index >= 15 is 0 Å². The average molecular weight is 354 g/mol. The second-order valence-electron chi connectivity index (χ2n) is 6.12. The lowest BCUT2D eigenvalue weighted by atomic mass is 10.1. The van der Waals surface area contributed by atoms with Gasteiger partial charge in [-0.25, -0.2) is 4.39 Å². The summed E-state index contributed by atoms with van der Waals surface area (Å²) in [5.41, 5.74) is 1.49. The van der Waals surface area contributed by atoms with E-state index in [9.17, 15) is 18.8 Å². The number of halogens is 1. The zero-order chi connectivity index (χ0) is 18.7. The topological polar surface area (TPSA) is 57.7 Å². The minimum Gasteiger partial charge on any atom is -0.335 e. The third-order valence-corrected chi connectivity index (χ3v) is 4.33.